The minimum Gasteiger partial charge on any atom is -0.307 e. The first-order chi connectivity index (χ1) is 18.6. The van der Waals surface area contributed by atoms with Gasteiger partial charge in [-0.1, -0.05) is 32.9 Å². The van der Waals surface area contributed by atoms with Gasteiger partial charge in [0, 0.05) is 30.4 Å². The Bertz CT molecular complexity index is 1500. The molecular formula is C28H32F3N7O2. The van der Waals surface area contributed by atoms with Crippen LogP contribution in [0.2, 0.25) is 0 Å². The second-order valence-corrected chi connectivity index (χ2v) is 11.2. The number of carbonyl (C=O) groups excluding carboxylic acids is 2. The quantitative estimate of drug-likeness (QED) is 0.358. The summed E-state index contributed by atoms with van der Waals surface area (Å²) in [6.45, 7) is 11.5. The molecule has 0 bridgehead atoms. The molecule has 1 fully saturated rings. The van der Waals surface area contributed by atoms with Gasteiger partial charge in [-0.15, -0.1) is 0 Å². The predicted octanol–water partition coefficient (Wildman–Crippen LogP) is 4.99. The van der Waals surface area contributed by atoms with Gasteiger partial charge in [-0.05, 0) is 44.5 Å². The fourth-order valence-electron chi connectivity index (χ4n) is 4.34. The highest BCUT2D eigenvalue weighted by atomic mass is 19.4. The molecule has 0 unspecified atom stereocenters. The number of fused-ring (bicyclic) bond motifs is 1. The molecule has 1 aliphatic rings. The summed E-state index contributed by atoms with van der Waals surface area (Å²) in [5, 5.41) is 11.0. The molecule has 4 aromatic rings. The van der Waals surface area contributed by atoms with Crippen molar-refractivity contribution in [2.75, 3.05) is 25.0 Å². The van der Waals surface area contributed by atoms with E-state index in [1.54, 1.807) is 23.4 Å². The first kappa shape index (κ1) is 28.9. The molecule has 1 N–H and O–H groups in total. The summed E-state index contributed by atoms with van der Waals surface area (Å²) in [4.78, 5) is 31.3. The molecule has 1 saturated heterocycles. The number of benzene rings is 1. The third kappa shape index (κ3) is 5.76. The van der Waals surface area contributed by atoms with Crippen LogP contribution in [0.15, 0.2) is 48.9 Å². The molecule has 1 amide bonds. The Morgan fingerprint density at radius 3 is 2.30 bits per heavy atom. The second kappa shape index (κ2) is 10.5. The normalized spacial score (nSPS) is 16.1. The maximum atomic E-state index is 12.7. The van der Waals surface area contributed by atoms with Crippen LogP contribution in [0.5, 0.6) is 0 Å². The highest BCUT2D eigenvalue weighted by Crippen LogP contribution is 2.33. The molecule has 1 aliphatic heterocycles. The molecule has 0 saturated carbocycles. The lowest BCUT2D eigenvalue weighted by Crippen LogP contribution is -2.61. The van der Waals surface area contributed by atoms with Gasteiger partial charge in [0.1, 0.15) is 5.69 Å². The highest BCUT2D eigenvalue weighted by molar-refractivity contribution is 6.00. The van der Waals surface area contributed by atoms with Gasteiger partial charge in [-0.2, -0.15) is 23.4 Å². The third-order valence-corrected chi connectivity index (χ3v) is 7.06. The lowest BCUT2D eigenvalue weighted by atomic mass is 9.87. The summed E-state index contributed by atoms with van der Waals surface area (Å²) in [7, 11) is 1.98. The number of nitrogens with one attached hydrogen (secondary N) is 1. The number of alkyl halides is 3. The van der Waals surface area contributed by atoms with Crippen molar-refractivity contribution < 1.29 is 22.8 Å². The van der Waals surface area contributed by atoms with Crippen molar-refractivity contribution >= 4 is 23.5 Å². The molecule has 5 rings (SSSR count). The van der Waals surface area contributed by atoms with Crippen LogP contribution in [0.4, 0.5) is 18.9 Å². The molecule has 1 aromatic carbocycles. The molecular weight excluding hydrogens is 523 g/mol. The fourth-order valence-corrected chi connectivity index (χ4v) is 4.34. The summed E-state index contributed by atoms with van der Waals surface area (Å²) in [6, 6.07) is 6.65. The van der Waals surface area contributed by atoms with E-state index in [9.17, 15) is 22.8 Å². The van der Waals surface area contributed by atoms with Gasteiger partial charge < -0.3 is 4.90 Å². The number of amides is 1. The Morgan fingerprint density at radius 1 is 1.07 bits per heavy atom. The largest absolute Gasteiger partial charge is 0.416 e. The third-order valence-electron chi connectivity index (χ3n) is 7.06. The van der Waals surface area contributed by atoms with Crippen LogP contribution >= 0.6 is 0 Å². The number of hydrogen-bond acceptors (Lipinski definition) is 6. The van der Waals surface area contributed by atoms with Crippen molar-refractivity contribution in [3.63, 3.8) is 0 Å². The van der Waals surface area contributed by atoms with Gasteiger partial charge in [-0.3, -0.25) is 19.6 Å². The fraction of sp³-hybridized carbons (Fsp3) is 0.393. The van der Waals surface area contributed by atoms with E-state index >= 15 is 0 Å². The number of carbonyl (C=O) groups is 2. The Kier molecular flexibility index (Phi) is 7.59. The highest BCUT2D eigenvalue weighted by Gasteiger charge is 2.40. The zero-order chi connectivity index (χ0) is 29.5. The van der Waals surface area contributed by atoms with Gasteiger partial charge in [0.25, 0.3) is 0 Å². The number of H-pyrrole nitrogens is 1. The monoisotopic (exact) mass is 555 g/mol. The van der Waals surface area contributed by atoms with Gasteiger partial charge in [0.05, 0.1) is 34.9 Å². The van der Waals surface area contributed by atoms with Crippen molar-refractivity contribution in [1.82, 2.24) is 29.7 Å². The van der Waals surface area contributed by atoms with Crippen LogP contribution in [-0.4, -0.2) is 67.6 Å². The first-order valence-electron chi connectivity index (χ1n) is 12.7. The van der Waals surface area contributed by atoms with E-state index in [4.69, 9.17) is 0 Å². The van der Waals surface area contributed by atoms with Crippen LogP contribution in [0.25, 0.3) is 16.9 Å². The number of aromatic nitrogens is 5. The number of likely N-dealkylation sites (N-methyl/N-ethyl adjacent to an activating group) is 1. The molecule has 0 atom stereocenters. The van der Waals surface area contributed by atoms with Gasteiger partial charge in [-0.25, -0.2) is 9.50 Å². The number of hydrogen-bond donors (Lipinski definition) is 1. The molecule has 0 radical (unpaired) electrons. The summed E-state index contributed by atoms with van der Waals surface area (Å²) in [5.74, 6) is 0.123. The number of aldehydes is 1. The minimum atomic E-state index is -4.38. The number of halogens is 3. The topological polar surface area (TPSA) is 99.5 Å². The Morgan fingerprint density at radius 2 is 1.75 bits per heavy atom. The van der Waals surface area contributed by atoms with E-state index in [0.717, 1.165) is 36.5 Å². The molecule has 0 spiro atoms. The summed E-state index contributed by atoms with van der Waals surface area (Å²) in [5.41, 5.74) is 2.16. The zero-order valence-electron chi connectivity index (χ0n) is 23.2. The number of nitrogens with zero attached hydrogens (tertiary/aromatic N) is 6. The number of anilines is 1. The summed E-state index contributed by atoms with van der Waals surface area (Å²) < 4.78 is 39.7. The maximum Gasteiger partial charge on any atom is 0.416 e. The Hall–Kier alpha value is -4.06. The molecule has 4 heterocycles. The number of piperazine rings is 1. The van der Waals surface area contributed by atoms with E-state index in [1.165, 1.54) is 22.8 Å². The molecule has 3 aromatic heterocycles. The SMILES string of the molecule is CC(C)(C)c1cc(-c2ccc(C(F)(F)F)cc2)nn2cc(C=O)nc12.CN1CCN(c2cn[nH]c2)C(=O)C1(C)C. The predicted molar refractivity (Wildman–Crippen MR) is 145 cm³/mol. The molecule has 0 aliphatic carbocycles. The average molecular weight is 556 g/mol. The summed E-state index contributed by atoms with van der Waals surface area (Å²) in [6.07, 6.45) is 1.19. The van der Waals surface area contributed by atoms with Crippen LogP contribution < -0.4 is 4.90 Å². The smallest absolute Gasteiger partial charge is 0.307 e. The van der Waals surface area contributed by atoms with Gasteiger partial charge in [0.15, 0.2) is 11.9 Å². The van der Waals surface area contributed by atoms with Gasteiger partial charge >= 0.3 is 6.18 Å². The number of imidazole rings is 1. The molecule has 212 valence electrons. The first-order valence-corrected chi connectivity index (χ1v) is 12.7. The number of rotatable bonds is 3. The summed E-state index contributed by atoms with van der Waals surface area (Å²) >= 11 is 0. The second-order valence-electron chi connectivity index (χ2n) is 11.2. The average Bonchev–Trinajstić information content (AvgIpc) is 3.56. The minimum absolute atomic E-state index is 0.123. The van der Waals surface area contributed by atoms with E-state index in [2.05, 4.69) is 25.2 Å². The van der Waals surface area contributed by atoms with E-state index in [-0.39, 0.29) is 17.0 Å². The van der Waals surface area contributed by atoms with Crippen LogP contribution in [-0.2, 0) is 16.4 Å². The zero-order valence-corrected chi connectivity index (χ0v) is 23.2. The Labute approximate surface area is 230 Å². The van der Waals surface area contributed by atoms with Crippen LogP contribution in [0.1, 0.15) is 56.2 Å². The lowest BCUT2D eigenvalue weighted by molar-refractivity contribution is -0.137. The van der Waals surface area contributed by atoms with Crippen molar-refractivity contribution in [1.29, 1.82) is 0 Å². The van der Waals surface area contributed by atoms with Crippen LogP contribution in [0.3, 0.4) is 0 Å². The van der Waals surface area contributed by atoms with Gasteiger partial charge in [0.2, 0.25) is 5.91 Å². The van der Waals surface area contributed by atoms with E-state index in [0.29, 0.717) is 23.2 Å². The molecule has 12 heteroatoms. The Balaban J connectivity index is 0.000000210. The van der Waals surface area contributed by atoms with Crippen molar-refractivity contribution in [2.45, 2.75) is 51.7 Å². The number of aromatic amines is 1. The van der Waals surface area contributed by atoms with E-state index < -0.39 is 17.3 Å². The van der Waals surface area contributed by atoms with Crippen molar-refractivity contribution in [2.24, 2.45) is 0 Å². The van der Waals surface area contributed by atoms with Crippen LogP contribution in [0, 0.1) is 0 Å². The molecule has 40 heavy (non-hydrogen) atoms. The van der Waals surface area contributed by atoms with Crippen molar-refractivity contribution in [3.05, 3.63) is 65.7 Å². The maximum absolute atomic E-state index is 12.7. The van der Waals surface area contributed by atoms with E-state index in [1.807, 2.05) is 41.7 Å². The molecule has 9 nitrogen and oxygen atoms in total. The standard InChI is InChI=1S/C18H16F3N3O.C10H16N4O/c1-17(2,3)14-8-15(23-24-9-13(10-25)22-16(14)24)11-4-6-12(7-5-11)18(19,20)21;1-10(2)9(15)14(5-4-13(10)3)8-6-11-12-7-8/h4-10H,1-3H3;6-7H,4-5H2,1-3H3,(H,11,12). The van der Waals surface area contributed by atoms with Crippen molar-refractivity contribution in [3.8, 4) is 11.3 Å². The lowest BCUT2D eigenvalue weighted by Gasteiger charge is -2.43.